The predicted octanol–water partition coefficient (Wildman–Crippen LogP) is 6.81. The molecular formula is C27H20BrN3O3S. The molecule has 0 aliphatic heterocycles. The van der Waals surface area contributed by atoms with E-state index in [4.69, 9.17) is 16.6 Å². The van der Waals surface area contributed by atoms with Crippen LogP contribution in [-0.4, -0.2) is 21.1 Å². The Bertz CT molecular complexity index is 1610. The predicted molar refractivity (Wildman–Crippen MR) is 146 cm³/mol. The van der Waals surface area contributed by atoms with Gasteiger partial charge in [-0.2, -0.15) is 0 Å². The lowest BCUT2D eigenvalue weighted by atomic mass is 10.0. The lowest BCUT2D eigenvalue weighted by molar-refractivity contribution is 0.0979. The molecule has 0 bridgehead atoms. The summed E-state index contributed by atoms with van der Waals surface area (Å²) in [6, 6.07) is 22.0. The summed E-state index contributed by atoms with van der Waals surface area (Å²) in [5.41, 5.74) is 4.04. The van der Waals surface area contributed by atoms with E-state index >= 15 is 0 Å². The number of amides is 1. The molecule has 0 saturated carbocycles. The Hall–Kier alpha value is -3.75. The second kappa shape index (κ2) is 9.48. The third-order valence-corrected chi connectivity index (χ3v) is 6.58. The van der Waals surface area contributed by atoms with Gasteiger partial charge in [0.15, 0.2) is 10.7 Å². The van der Waals surface area contributed by atoms with E-state index in [1.807, 2.05) is 48.5 Å². The van der Waals surface area contributed by atoms with E-state index in [0.29, 0.717) is 28.3 Å². The van der Waals surface area contributed by atoms with Crippen LogP contribution in [0.15, 0.2) is 81.7 Å². The highest BCUT2D eigenvalue weighted by atomic mass is 79.9. The van der Waals surface area contributed by atoms with Crippen LogP contribution in [0.1, 0.15) is 22.8 Å². The number of anilines is 1. The lowest BCUT2D eigenvalue weighted by Crippen LogP contribution is -2.34. The summed E-state index contributed by atoms with van der Waals surface area (Å²) >= 11 is 8.85. The molecule has 1 amide bonds. The molecule has 1 heterocycles. The van der Waals surface area contributed by atoms with Crippen LogP contribution >= 0.6 is 28.1 Å². The summed E-state index contributed by atoms with van der Waals surface area (Å²) in [6.07, 6.45) is 0.901. The van der Waals surface area contributed by atoms with Gasteiger partial charge in [-0.1, -0.05) is 53.2 Å². The molecule has 0 radical (unpaired) electrons. The molecule has 0 unspecified atom stereocenters. The zero-order valence-corrected chi connectivity index (χ0v) is 21.0. The van der Waals surface area contributed by atoms with E-state index in [9.17, 15) is 9.90 Å². The van der Waals surface area contributed by atoms with Crippen LogP contribution < -0.4 is 10.6 Å². The average Bonchev–Trinajstić information content (AvgIpc) is 3.27. The molecule has 0 spiro atoms. The van der Waals surface area contributed by atoms with E-state index in [1.165, 1.54) is 6.07 Å². The van der Waals surface area contributed by atoms with Crippen molar-refractivity contribution in [1.29, 1.82) is 0 Å². The number of phenolic OH excluding ortho intramolecular Hbond substituents is 1. The fourth-order valence-electron chi connectivity index (χ4n) is 3.90. The molecule has 35 heavy (non-hydrogen) atoms. The molecule has 0 atom stereocenters. The van der Waals surface area contributed by atoms with Crippen molar-refractivity contribution < 1.29 is 14.3 Å². The van der Waals surface area contributed by atoms with E-state index in [-0.39, 0.29) is 16.8 Å². The van der Waals surface area contributed by atoms with Crippen LogP contribution in [0, 0.1) is 0 Å². The number of aryl methyl sites for hydroxylation is 1. The Morgan fingerprint density at radius 3 is 2.66 bits per heavy atom. The molecule has 174 valence electrons. The maximum atomic E-state index is 12.9. The van der Waals surface area contributed by atoms with Crippen molar-refractivity contribution in [2.75, 3.05) is 5.32 Å². The summed E-state index contributed by atoms with van der Waals surface area (Å²) in [5, 5.41) is 18.1. The molecule has 1 aromatic heterocycles. The number of nitrogens with zero attached hydrogens (tertiary/aromatic N) is 1. The molecule has 0 fully saturated rings. The Labute approximate surface area is 215 Å². The topological polar surface area (TPSA) is 87.4 Å². The first-order chi connectivity index (χ1) is 16.9. The van der Waals surface area contributed by atoms with Crippen molar-refractivity contribution in [3.05, 3.63) is 88.4 Å². The fraction of sp³-hybridized carbons (Fsp3) is 0.0741. The average molecular weight is 546 g/mol. The number of carbonyl (C=O) groups is 1. The summed E-state index contributed by atoms with van der Waals surface area (Å²) in [5.74, 6) is -0.0226. The Balaban J connectivity index is 1.32. The zero-order valence-electron chi connectivity index (χ0n) is 18.6. The van der Waals surface area contributed by atoms with Gasteiger partial charge in [-0.3, -0.25) is 10.1 Å². The van der Waals surface area contributed by atoms with E-state index in [0.717, 1.165) is 32.7 Å². The molecule has 5 aromatic rings. The van der Waals surface area contributed by atoms with Gasteiger partial charge >= 0.3 is 0 Å². The molecule has 3 N–H and O–H groups in total. The quantitative estimate of drug-likeness (QED) is 0.215. The molecule has 6 nitrogen and oxygen atoms in total. The number of aromatic hydroxyl groups is 1. The zero-order chi connectivity index (χ0) is 24.5. The lowest BCUT2D eigenvalue weighted by Gasteiger charge is -2.12. The number of fused-ring (bicyclic) bond motifs is 2. The Morgan fingerprint density at radius 1 is 1.06 bits per heavy atom. The van der Waals surface area contributed by atoms with Crippen molar-refractivity contribution in [1.82, 2.24) is 10.3 Å². The number of benzene rings is 4. The maximum Gasteiger partial charge on any atom is 0.258 e. The monoisotopic (exact) mass is 545 g/mol. The summed E-state index contributed by atoms with van der Waals surface area (Å²) in [7, 11) is 0. The summed E-state index contributed by atoms with van der Waals surface area (Å²) in [4.78, 5) is 17.4. The standard InChI is InChI=1S/C27H20BrN3O3S/c1-2-15-9-12-24-22(13-15)30-26(34-24)20-11-10-16(14-23(20)32)29-27(35)31-25(33)19-7-3-6-18-17(19)5-4-8-21(18)28/h3-14,32H,2H2,1H3,(H2,29,31,33,35). The SMILES string of the molecule is CCc1ccc2oc(-c3ccc(NC(=S)NC(=O)c4cccc5c(Br)cccc45)cc3O)nc2c1. The van der Waals surface area contributed by atoms with Gasteiger partial charge in [-0.05, 0) is 71.4 Å². The van der Waals surface area contributed by atoms with Gasteiger partial charge in [0.1, 0.15) is 11.3 Å². The number of carbonyl (C=O) groups excluding carboxylic acids is 1. The van der Waals surface area contributed by atoms with Crippen molar-refractivity contribution in [2.24, 2.45) is 0 Å². The third kappa shape index (κ3) is 4.62. The van der Waals surface area contributed by atoms with Gasteiger partial charge in [0.05, 0.1) is 5.56 Å². The molecule has 0 aliphatic rings. The number of aromatic nitrogens is 1. The Morgan fingerprint density at radius 2 is 1.86 bits per heavy atom. The van der Waals surface area contributed by atoms with Crippen molar-refractivity contribution >= 4 is 66.7 Å². The van der Waals surface area contributed by atoms with Crippen LogP contribution in [0.2, 0.25) is 0 Å². The van der Waals surface area contributed by atoms with E-state index < -0.39 is 0 Å². The molecular weight excluding hydrogens is 526 g/mol. The minimum atomic E-state index is -0.329. The minimum absolute atomic E-state index is 0.0229. The van der Waals surface area contributed by atoms with Gasteiger partial charge in [-0.15, -0.1) is 0 Å². The molecule has 0 aliphatic carbocycles. The first-order valence-electron chi connectivity index (χ1n) is 11.0. The normalized spacial score (nSPS) is 11.0. The second-order valence-corrected chi connectivity index (χ2v) is 9.22. The Kier molecular flexibility index (Phi) is 6.23. The van der Waals surface area contributed by atoms with Gasteiger partial charge in [-0.25, -0.2) is 4.98 Å². The van der Waals surface area contributed by atoms with Crippen LogP contribution in [0.4, 0.5) is 5.69 Å². The van der Waals surface area contributed by atoms with Crippen molar-refractivity contribution in [3.63, 3.8) is 0 Å². The number of nitrogens with one attached hydrogen (secondary N) is 2. The number of rotatable bonds is 4. The highest BCUT2D eigenvalue weighted by Crippen LogP contribution is 2.33. The van der Waals surface area contributed by atoms with Gasteiger partial charge in [0, 0.05) is 21.8 Å². The maximum absolute atomic E-state index is 12.9. The first-order valence-corrected chi connectivity index (χ1v) is 12.2. The second-order valence-electron chi connectivity index (χ2n) is 7.96. The molecule has 4 aromatic carbocycles. The van der Waals surface area contributed by atoms with Gasteiger partial charge in [0.25, 0.3) is 5.91 Å². The highest BCUT2D eigenvalue weighted by molar-refractivity contribution is 9.10. The van der Waals surface area contributed by atoms with Crippen molar-refractivity contribution in [3.8, 4) is 17.2 Å². The molecule has 0 saturated heterocycles. The number of hydrogen-bond acceptors (Lipinski definition) is 5. The van der Waals surface area contributed by atoms with Crippen LogP contribution in [0.5, 0.6) is 5.75 Å². The van der Waals surface area contributed by atoms with Crippen molar-refractivity contribution in [2.45, 2.75) is 13.3 Å². The molecule has 8 heteroatoms. The minimum Gasteiger partial charge on any atom is -0.507 e. The van der Waals surface area contributed by atoms with Crippen LogP contribution in [0.25, 0.3) is 33.3 Å². The van der Waals surface area contributed by atoms with Gasteiger partial charge < -0.3 is 14.8 Å². The molecule has 5 rings (SSSR count). The third-order valence-electron chi connectivity index (χ3n) is 5.69. The smallest absolute Gasteiger partial charge is 0.258 e. The van der Waals surface area contributed by atoms with Crippen LogP contribution in [0.3, 0.4) is 0 Å². The number of halogens is 1. The number of oxazole rings is 1. The summed E-state index contributed by atoms with van der Waals surface area (Å²) in [6.45, 7) is 2.08. The number of thiocarbonyl (C=S) groups is 1. The van der Waals surface area contributed by atoms with E-state index in [2.05, 4.69) is 38.5 Å². The van der Waals surface area contributed by atoms with Gasteiger partial charge in [0.2, 0.25) is 5.89 Å². The number of hydrogen-bond donors (Lipinski definition) is 3. The summed E-state index contributed by atoms with van der Waals surface area (Å²) < 4.78 is 6.73. The largest absolute Gasteiger partial charge is 0.507 e. The fourth-order valence-corrected chi connectivity index (χ4v) is 4.61. The highest BCUT2D eigenvalue weighted by Gasteiger charge is 2.15. The van der Waals surface area contributed by atoms with Crippen LogP contribution in [-0.2, 0) is 6.42 Å². The van der Waals surface area contributed by atoms with E-state index in [1.54, 1.807) is 18.2 Å². The number of phenols is 1. The first kappa shape index (κ1) is 23.0.